The number of aliphatic hydroxyl groups is 1. The Labute approximate surface area is 138 Å². The zero-order chi connectivity index (χ0) is 16.8. The van der Waals surface area contributed by atoms with Gasteiger partial charge < -0.3 is 20.5 Å². The van der Waals surface area contributed by atoms with Gasteiger partial charge in [0, 0.05) is 17.3 Å². The lowest BCUT2D eigenvalue weighted by molar-refractivity contribution is 0.0922. The number of nitrogens with one attached hydrogen (secondary N) is 2. The average molecular weight is 334 g/mol. The molecule has 2 aromatic rings. The van der Waals surface area contributed by atoms with Gasteiger partial charge >= 0.3 is 0 Å². The smallest absolute Gasteiger partial charge is 0.269 e. The molecule has 0 aliphatic heterocycles. The van der Waals surface area contributed by atoms with Crippen LogP contribution in [0.5, 0.6) is 5.75 Å². The van der Waals surface area contributed by atoms with Crippen molar-refractivity contribution in [2.75, 3.05) is 19.0 Å². The van der Waals surface area contributed by atoms with Crippen molar-refractivity contribution in [2.45, 2.75) is 13.0 Å². The van der Waals surface area contributed by atoms with Gasteiger partial charge in [0.2, 0.25) is 0 Å². The Morgan fingerprint density at radius 1 is 1.22 bits per heavy atom. The molecule has 122 valence electrons. The quantitative estimate of drug-likeness (QED) is 0.755. The topological polar surface area (TPSA) is 87.7 Å². The predicted molar refractivity (Wildman–Crippen MR) is 89.3 cm³/mol. The number of hydrogen-bond acceptors (Lipinski definition) is 5. The molecule has 0 fully saturated rings. The Balaban J connectivity index is 2.02. The molecule has 1 aromatic heterocycles. The molecule has 1 atom stereocenters. The molecule has 1 unspecified atom stereocenters. The first-order valence-corrected chi connectivity index (χ1v) is 7.87. The summed E-state index contributed by atoms with van der Waals surface area (Å²) in [5, 5.41) is 16.1. The predicted octanol–water partition coefficient (Wildman–Crippen LogP) is 2.12. The van der Waals surface area contributed by atoms with Gasteiger partial charge in [0.05, 0.1) is 13.7 Å². The van der Waals surface area contributed by atoms with E-state index >= 15 is 0 Å². The number of rotatable bonds is 6. The Bertz CT molecular complexity index is 682. The fourth-order valence-electron chi connectivity index (χ4n) is 1.87. The van der Waals surface area contributed by atoms with Crippen molar-refractivity contribution in [1.29, 1.82) is 0 Å². The first-order valence-electron chi connectivity index (χ1n) is 6.99. The number of carbonyl (C=O) groups is 2. The van der Waals surface area contributed by atoms with Gasteiger partial charge in [-0.3, -0.25) is 9.59 Å². The van der Waals surface area contributed by atoms with E-state index in [1.807, 2.05) is 0 Å². The van der Waals surface area contributed by atoms with Crippen molar-refractivity contribution in [2.24, 2.45) is 0 Å². The van der Waals surface area contributed by atoms with Crippen LogP contribution in [0.2, 0.25) is 0 Å². The van der Waals surface area contributed by atoms with Gasteiger partial charge in [-0.05, 0) is 42.6 Å². The van der Waals surface area contributed by atoms with Gasteiger partial charge in [-0.2, -0.15) is 0 Å². The lowest BCUT2D eigenvalue weighted by Gasteiger charge is -2.11. The summed E-state index contributed by atoms with van der Waals surface area (Å²) in [5.41, 5.74) is 1.04. The molecule has 1 heterocycles. The van der Waals surface area contributed by atoms with Crippen LogP contribution < -0.4 is 15.4 Å². The summed E-state index contributed by atoms with van der Waals surface area (Å²) in [6, 6.07) is 7.94. The van der Waals surface area contributed by atoms with Crippen molar-refractivity contribution in [3.63, 3.8) is 0 Å². The average Bonchev–Trinajstić information content (AvgIpc) is 3.04. The summed E-state index contributed by atoms with van der Waals surface area (Å²) in [7, 11) is 1.51. The number of thiophene rings is 1. The molecule has 0 aliphatic rings. The highest BCUT2D eigenvalue weighted by molar-refractivity contribution is 7.12. The second-order valence-electron chi connectivity index (χ2n) is 4.91. The molecule has 0 aliphatic carbocycles. The van der Waals surface area contributed by atoms with Crippen molar-refractivity contribution in [3.8, 4) is 5.75 Å². The van der Waals surface area contributed by atoms with Crippen LogP contribution >= 0.6 is 11.3 Å². The van der Waals surface area contributed by atoms with E-state index in [0.717, 1.165) is 0 Å². The van der Waals surface area contributed by atoms with Gasteiger partial charge in [0.15, 0.2) is 0 Å². The fraction of sp³-hybridized carbons (Fsp3) is 0.250. The summed E-state index contributed by atoms with van der Waals surface area (Å²) in [6.45, 7) is 1.59. The van der Waals surface area contributed by atoms with E-state index < -0.39 is 0 Å². The molecule has 2 rings (SSSR count). The van der Waals surface area contributed by atoms with Gasteiger partial charge in [0.1, 0.15) is 10.6 Å². The molecule has 0 radical (unpaired) electrons. The summed E-state index contributed by atoms with van der Waals surface area (Å²) < 4.78 is 5.12. The van der Waals surface area contributed by atoms with Gasteiger partial charge in [-0.15, -0.1) is 11.3 Å². The van der Waals surface area contributed by atoms with Crippen LogP contribution in [0.3, 0.4) is 0 Å². The Kier molecular flexibility index (Phi) is 5.72. The van der Waals surface area contributed by atoms with Gasteiger partial charge in [-0.1, -0.05) is 0 Å². The van der Waals surface area contributed by atoms with E-state index in [1.54, 1.807) is 42.6 Å². The molecule has 3 N–H and O–H groups in total. The lowest BCUT2D eigenvalue weighted by atomic mass is 10.2. The van der Waals surface area contributed by atoms with Gasteiger partial charge in [0.25, 0.3) is 11.8 Å². The Morgan fingerprint density at radius 2 is 1.91 bits per heavy atom. The molecule has 2 amide bonds. The molecule has 0 spiro atoms. The number of amides is 2. The Morgan fingerprint density at radius 3 is 2.52 bits per heavy atom. The molecule has 0 saturated heterocycles. The zero-order valence-electron chi connectivity index (χ0n) is 12.8. The monoisotopic (exact) mass is 334 g/mol. The first-order chi connectivity index (χ1) is 11.0. The molecular formula is C16H18N2O4S. The summed E-state index contributed by atoms with van der Waals surface area (Å²) in [6.07, 6.45) is 0. The summed E-state index contributed by atoms with van der Waals surface area (Å²) in [4.78, 5) is 24.6. The maximum absolute atomic E-state index is 12.2. The Hall–Kier alpha value is -2.38. The second kappa shape index (κ2) is 7.75. The third kappa shape index (κ3) is 4.30. The van der Waals surface area contributed by atoms with Gasteiger partial charge in [-0.25, -0.2) is 0 Å². The number of aliphatic hydroxyl groups excluding tert-OH is 1. The standard InChI is InChI=1S/C16H18N2O4S/c1-10(9-19)17-15(20)11-3-5-12(6-4-11)18-16(21)14-13(22-2)7-8-23-14/h3-8,10,19H,9H2,1-2H3,(H,17,20)(H,18,21). The molecule has 0 saturated carbocycles. The second-order valence-corrected chi connectivity index (χ2v) is 5.82. The molecule has 0 bridgehead atoms. The number of ether oxygens (including phenoxy) is 1. The molecule has 6 nitrogen and oxygen atoms in total. The first kappa shape index (κ1) is 17.0. The van der Waals surface area contributed by atoms with Crippen LogP contribution in [0, 0.1) is 0 Å². The van der Waals surface area contributed by atoms with Crippen LogP contribution in [-0.2, 0) is 0 Å². The highest BCUT2D eigenvalue weighted by Crippen LogP contribution is 2.25. The van der Waals surface area contributed by atoms with Crippen LogP contribution in [0.15, 0.2) is 35.7 Å². The minimum absolute atomic E-state index is 0.122. The van der Waals surface area contributed by atoms with Crippen molar-refractivity contribution in [3.05, 3.63) is 46.2 Å². The van der Waals surface area contributed by atoms with E-state index in [9.17, 15) is 9.59 Å². The van der Waals surface area contributed by atoms with E-state index in [2.05, 4.69) is 10.6 Å². The molecule has 7 heteroatoms. The number of hydrogen-bond donors (Lipinski definition) is 3. The lowest BCUT2D eigenvalue weighted by Crippen LogP contribution is -2.34. The van der Waals surface area contributed by atoms with Crippen LogP contribution in [0.4, 0.5) is 5.69 Å². The number of carbonyl (C=O) groups excluding carboxylic acids is 2. The van der Waals surface area contributed by atoms with E-state index in [-0.39, 0.29) is 24.5 Å². The maximum Gasteiger partial charge on any atom is 0.269 e. The minimum atomic E-state index is -0.312. The number of methoxy groups -OCH3 is 1. The highest BCUT2D eigenvalue weighted by atomic mass is 32.1. The highest BCUT2D eigenvalue weighted by Gasteiger charge is 2.14. The number of benzene rings is 1. The third-order valence-electron chi connectivity index (χ3n) is 3.11. The normalized spacial score (nSPS) is 11.6. The maximum atomic E-state index is 12.2. The number of anilines is 1. The third-order valence-corrected chi connectivity index (χ3v) is 4.01. The molecular weight excluding hydrogens is 316 g/mol. The molecule has 1 aromatic carbocycles. The van der Waals surface area contributed by atoms with Crippen molar-refractivity contribution in [1.82, 2.24) is 5.32 Å². The SMILES string of the molecule is COc1ccsc1C(=O)Nc1ccc(C(=O)NC(C)CO)cc1. The largest absolute Gasteiger partial charge is 0.495 e. The van der Waals surface area contributed by atoms with E-state index in [1.165, 1.54) is 18.4 Å². The van der Waals surface area contributed by atoms with Crippen molar-refractivity contribution < 1.29 is 19.4 Å². The fourth-order valence-corrected chi connectivity index (χ4v) is 2.62. The van der Waals surface area contributed by atoms with Crippen LogP contribution in [-0.4, -0.2) is 36.7 Å². The van der Waals surface area contributed by atoms with Crippen LogP contribution in [0.25, 0.3) is 0 Å². The van der Waals surface area contributed by atoms with Crippen molar-refractivity contribution >= 4 is 28.8 Å². The van der Waals surface area contributed by atoms with E-state index in [4.69, 9.17) is 9.84 Å². The molecule has 23 heavy (non-hydrogen) atoms. The summed E-state index contributed by atoms with van der Waals surface area (Å²) in [5.74, 6) is -0.00574. The van der Waals surface area contributed by atoms with Crippen LogP contribution in [0.1, 0.15) is 27.0 Å². The minimum Gasteiger partial charge on any atom is -0.495 e. The van der Waals surface area contributed by atoms with E-state index in [0.29, 0.717) is 21.9 Å². The summed E-state index contributed by atoms with van der Waals surface area (Å²) >= 11 is 1.29. The zero-order valence-corrected chi connectivity index (χ0v) is 13.6.